The molecule has 6 nitrogen and oxygen atoms in total. The first kappa shape index (κ1) is 19.1. The summed E-state index contributed by atoms with van der Waals surface area (Å²) in [5.74, 6) is 0.825. The summed E-state index contributed by atoms with van der Waals surface area (Å²) in [6.07, 6.45) is 4.05. The molecule has 3 aromatic rings. The Labute approximate surface area is 175 Å². The van der Waals surface area contributed by atoms with Crippen LogP contribution in [0.5, 0.6) is 0 Å². The number of hydrogen-bond donors (Lipinski definition) is 4. The van der Waals surface area contributed by atoms with Gasteiger partial charge in [-0.25, -0.2) is 4.98 Å². The van der Waals surface area contributed by atoms with Gasteiger partial charge in [-0.1, -0.05) is 18.2 Å². The van der Waals surface area contributed by atoms with E-state index in [9.17, 15) is 4.79 Å². The summed E-state index contributed by atoms with van der Waals surface area (Å²) in [5.41, 5.74) is 5.34. The number of Topliss-reactive ketones (excluding diaryl/α,β-unsaturated/α-hetero) is 1. The first-order chi connectivity index (χ1) is 14.2. The molecule has 1 aromatic carbocycles. The van der Waals surface area contributed by atoms with Crippen molar-refractivity contribution in [2.24, 2.45) is 0 Å². The lowest BCUT2D eigenvalue weighted by molar-refractivity contribution is 0.0973. The minimum atomic E-state index is 0.174. The number of para-hydroxylation sites is 1. The number of anilines is 3. The second kappa shape index (κ2) is 8.45. The number of pyridine rings is 1. The number of hydrogen-bond acceptors (Lipinski definition) is 4. The van der Waals surface area contributed by atoms with E-state index in [1.165, 1.54) is 0 Å². The van der Waals surface area contributed by atoms with E-state index < -0.39 is 0 Å². The highest BCUT2D eigenvalue weighted by atomic mass is 32.1. The van der Waals surface area contributed by atoms with Crippen LogP contribution in [0, 0.1) is 0 Å². The molecule has 4 rings (SSSR count). The molecule has 1 aliphatic carbocycles. The maximum Gasteiger partial charge on any atom is 0.171 e. The van der Waals surface area contributed by atoms with Gasteiger partial charge in [-0.15, -0.1) is 0 Å². The maximum absolute atomic E-state index is 12.7. The van der Waals surface area contributed by atoms with E-state index in [-0.39, 0.29) is 5.78 Å². The Morgan fingerprint density at radius 1 is 1.21 bits per heavy atom. The summed E-state index contributed by atoms with van der Waals surface area (Å²) in [6.45, 7) is 2.72. The summed E-state index contributed by atoms with van der Waals surface area (Å²) in [6, 6.07) is 13.8. The molecule has 148 valence electrons. The Morgan fingerprint density at radius 3 is 2.83 bits per heavy atom. The van der Waals surface area contributed by atoms with E-state index in [0.29, 0.717) is 17.4 Å². The molecule has 0 fully saturated rings. The van der Waals surface area contributed by atoms with Crippen molar-refractivity contribution >= 4 is 40.3 Å². The molecule has 0 spiro atoms. The fourth-order valence-corrected chi connectivity index (χ4v) is 3.83. The molecule has 0 saturated heterocycles. The van der Waals surface area contributed by atoms with Crippen LogP contribution in [0.15, 0.2) is 48.7 Å². The normalized spacial score (nSPS) is 12.9. The summed E-state index contributed by atoms with van der Waals surface area (Å²) in [4.78, 5) is 20.6. The molecule has 0 bridgehead atoms. The van der Waals surface area contributed by atoms with E-state index in [1.807, 2.05) is 49.4 Å². The molecule has 0 saturated carbocycles. The minimum Gasteiger partial charge on any atom is -0.363 e. The highest BCUT2D eigenvalue weighted by molar-refractivity contribution is 7.80. The maximum atomic E-state index is 12.7. The van der Waals surface area contributed by atoms with Crippen molar-refractivity contribution in [3.63, 3.8) is 0 Å². The van der Waals surface area contributed by atoms with Gasteiger partial charge < -0.3 is 20.9 Å². The van der Waals surface area contributed by atoms with E-state index in [1.54, 1.807) is 6.20 Å². The van der Waals surface area contributed by atoms with Gasteiger partial charge in [-0.3, -0.25) is 4.79 Å². The van der Waals surface area contributed by atoms with Crippen LogP contribution in [-0.4, -0.2) is 27.4 Å². The van der Waals surface area contributed by atoms with Gasteiger partial charge in [0, 0.05) is 36.1 Å². The van der Waals surface area contributed by atoms with Gasteiger partial charge in [-0.2, -0.15) is 0 Å². The quantitative estimate of drug-likeness (QED) is 0.463. The number of aryl methyl sites for hydroxylation is 1. The fraction of sp³-hybridized carbons (Fsp3) is 0.227. The zero-order valence-electron chi connectivity index (χ0n) is 16.2. The number of aromatic amines is 1. The second-order valence-corrected chi connectivity index (χ2v) is 7.32. The zero-order valence-corrected chi connectivity index (χ0v) is 17.0. The van der Waals surface area contributed by atoms with Crippen LogP contribution in [0.4, 0.5) is 17.2 Å². The molecule has 2 heterocycles. The van der Waals surface area contributed by atoms with Crippen molar-refractivity contribution in [3.05, 3.63) is 59.9 Å². The van der Waals surface area contributed by atoms with Crippen molar-refractivity contribution in [2.75, 3.05) is 17.2 Å². The molecule has 0 aliphatic heterocycles. The van der Waals surface area contributed by atoms with Gasteiger partial charge in [0.2, 0.25) is 0 Å². The van der Waals surface area contributed by atoms with Crippen molar-refractivity contribution in [1.82, 2.24) is 15.3 Å². The molecule has 2 aromatic heterocycles. The first-order valence-electron chi connectivity index (χ1n) is 9.77. The van der Waals surface area contributed by atoms with Crippen LogP contribution in [0.2, 0.25) is 0 Å². The largest absolute Gasteiger partial charge is 0.363 e. The number of carbonyl (C=O) groups excluding carboxylic acids is 1. The van der Waals surface area contributed by atoms with Gasteiger partial charge in [0.1, 0.15) is 5.82 Å². The van der Waals surface area contributed by atoms with Crippen molar-refractivity contribution in [1.29, 1.82) is 0 Å². The number of carbonyl (C=O) groups is 1. The van der Waals surface area contributed by atoms with Gasteiger partial charge in [0.25, 0.3) is 0 Å². The van der Waals surface area contributed by atoms with Crippen LogP contribution in [-0.2, 0) is 6.42 Å². The van der Waals surface area contributed by atoms with Gasteiger partial charge >= 0.3 is 0 Å². The SMILES string of the molecule is CCNC(=S)Nc1cc(-c2[nH]c3c(c2Nc2ccccc2)C(=O)CCC3)ccn1. The number of rotatable bonds is 5. The summed E-state index contributed by atoms with van der Waals surface area (Å²) >= 11 is 5.27. The number of thiocarbonyl (C=S) groups is 1. The standard InChI is InChI=1S/C22H23N5OS/c1-2-23-22(29)27-18-13-14(11-12-24-18)20-21(25-15-7-4-3-5-8-15)19-16(26-20)9-6-10-17(19)28/h3-5,7-8,11-13,25-26H,2,6,9-10H2,1H3,(H2,23,24,27,29). The third kappa shape index (κ3) is 4.14. The zero-order chi connectivity index (χ0) is 20.2. The van der Waals surface area contributed by atoms with Crippen molar-refractivity contribution < 1.29 is 4.79 Å². The Morgan fingerprint density at radius 2 is 2.03 bits per heavy atom. The molecule has 1 aliphatic rings. The number of aromatic nitrogens is 2. The third-order valence-corrected chi connectivity index (χ3v) is 5.10. The lowest BCUT2D eigenvalue weighted by Gasteiger charge is -2.14. The summed E-state index contributed by atoms with van der Waals surface area (Å²) < 4.78 is 0. The predicted molar refractivity (Wildman–Crippen MR) is 121 cm³/mol. The van der Waals surface area contributed by atoms with Crippen LogP contribution in [0.3, 0.4) is 0 Å². The smallest absolute Gasteiger partial charge is 0.171 e. The van der Waals surface area contributed by atoms with Crippen LogP contribution in [0.1, 0.15) is 35.8 Å². The highest BCUT2D eigenvalue weighted by Gasteiger charge is 2.27. The first-order valence-corrected chi connectivity index (χ1v) is 10.2. The van der Waals surface area contributed by atoms with Gasteiger partial charge in [0.05, 0.1) is 16.9 Å². The number of benzene rings is 1. The monoisotopic (exact) mass is 405 g/mol. The van der Waals surface area contributed by atoms with E-state index >= 15 is 0 Å². The minimum absolute atomic E-state index is 0.174. The molecule has 4 N–H and O–H groups in total. The molecule has 0 amide bonds. The number of H-pyrrole nitrogens is 1. The average Bonchev–Trinajstić information content (AvgIpc) is 3.09. The molecule has 0 unspecified atom stereocenters. The van der Waals surface area contributed by atoms with E-state index in [4.69, 9.17) is 12.2 Å². The number of fused-ring (bicyclic) bond motifs is 1. The Balaban J connectivity index is 1.75. The van der Waals surface area contributed by atoms with E-state index in [0.717, 1.165) is 53.3 Å². The Kier molecular flexibility index (Phi) is 5.57. The molecular weight excluding hydrogens is 382 g/mol. The molecule has 0 atom stereocenters. The van der Waals surface area contributed by atoms with Gasteiger partial charge in [-0.05, 0) is 56.2 Å². The fourth-order valence-electron chi connectivity index (χ4n) is 3.58. The lowest BCUT2D eigenvalue weighted by atomic mass is 9.95. The molecule has 0 radical (unpaired) electrons. The second-order valence-electron chi connectivity index (χ2n) is 6.91. The molecular formula is C22H23N5OS. The Bertz CT molecular complexity index is 1040. The number of nitrogens with one attached hydrogen (secondary N) is 4. The van der Waals surface area contributed by atoms with Gasteiger partial charge in [0.15, 0.2) is 10.9 Å². The predicted octanol–water partition coefficient (Wildman–Crippen LogP) is 4.65. The number of nitrogens with zero attached hydrogens (tertiary/aromatic N) is 1. The Hall–Kier alpha value is -3.19. The van der Waals surface area contributed by atoms with Crippen molar-refractivity contribution in [3.8, 4) is 11.3 Å². The highest BCUT2D eigenvalue weighted by Crippen LogP contribution is 2.39. The third-order valence-electron chi connectivity index (χ3n) is 4.86. The summed E-state index contributed by atoms with van der Waals surface area (Å²) in [7, 11) is 0. The topological polar surface area (TPSA) is 81.8 Å². The number of ketones is 1. The molecule has 29 heavy (non-hydrogen) atoms. The molecule has 7 heteroatoms. The van der Waals surface area contributed by atoms with Crippen molar-refractivity contribution in [2.45, 2.75) is 26.2 Å². The summed E-state index contributed by atoms with van der Waals surface area (Å²) in [5, 5.41) is 10.1. The van der Waals surface area contributed by atoms with Crippen LogP contribution >= 0.6 is 12.2 Å². The average molecular weight is 406 g/mol. The van der Waals surface area contributed by atoms with Crippen LogP contribution in [0.25, 0.3) is 11.3 Å². The van der Waals surface area contributed by atoms with E-state index in [2.05, 4.69) is 25.9 Å². The van der Waals surface area contributed by atoms with Crippen LogP contribution < -0.4 is 16.0 Å². The lowest BCUT2D eigenvalue weighted by Crippen LogP contribution is -2.28.